The molecule has 1 aromatic heterocycles. The van der Waals surface area contributed by atoms with E-state index in [2.05, 4.69) is 20.9 Å². The molecule has 0 N–H and O–H groups in total. The molecule has 1 fully saturated rings. The minimum Gasteiger partial charge on any atom is -0.337 e. The molecule has 0 bridgehead atoms. The Morgan fingerprint density at radius 1 is 1.32 bits per heavy atom. The monoisotopic (exact) mass is 336 g/mol. The molecule has 0 radical (unpaired) electrons. The number of carbonyl (C=O) groups is 1. The maximum Gasteiger partial charge on any atom is 0.417 e. The molecule has 0 unspecified atom stereocenters. The third-order valence-corrected chi connectivity index (χ3v) is 3.94. The van der Waals surface area contributed by atoms with E-state index < -0.39 is 11.7 Å². The molecule has 19 heavy (non-hydrogen) atoms. The van der Waals surface area contributed by atoms with Gasteiger partial charge >= 0.3 is 6.18 Å². The maximum absolute atomic E-state index is 12.4. The lowest BCUT2D eigenvalue weighted by Gasteiger charge is -2.29. The Balaban J connectivity index is 2.08. The molecule has 0 aliphatic carbocycles. The van der Waals surface area contributed by atoms with E-state index in [1.807, 2.05) is 0 Å². The van der Waals surface area contributed by atoms with Gasteiger partial charge in [0.25, 0.3) is 5.91 Å². The van der Waals surface area contributed by atoms with Crippen LogP contribution in [0.2, 0.25) is 0 Å². The molecule has 3 nitrogen and oxygen atoms in total. The SMILES string of the molecule is O=C(c1ccc(C(F)(F)F)cn1)N1CCC(Br)CC1. The normalized spacial score (nSPS) is 17.6. The summed E-state index contributed by atoms with van der Waals surface area (Å²) in [6, 6.07) is 2.02. The average molecular weight is 337 g/mol. The van der Waals surface area contributed by atoms with Crippen molar-refractivity contribution < 1.29 is 18.0 Å². The number of amides is 1. The van der Waals surface area contributed by atoms with E-state index in [4.69, 9.17) is 0 Å². The van der Waals surface area contributed by atoms with Gasteiger partial charge < -0.3 is 4.90 Å². The molecule has 1 saturated heterocycles. The Bertz CT molecular complexity index is 453. The molecule has 1 amide bonds. The molecule has 0 saturated carbocycles. The second-order valence-corrected chi connectivity index (χ2v) is 5.69. The lowest BCUT2D eigenvalue weighted by atomic mass is 10.1. The molecular weight excluding hydrogens is 325 g/mol. The number of carbonyl (C=O) groups excluding carboxylic acids is 1. The minimum absolute atomic E-state index is 0.0565. The van der Waals surface area contributed by atoms with Crippen LogP contribution < -0.4 is 0 Å². The van der Waals surface area contributed by atoms with Gasteiger partial charge in [-0.3, -0.25) is 9.78 Å². The van der Waals surface area contributed by atoms with Gasteiger partial charge in [-0.2, -0.15) is 13.2 Å². The standard InChI is InChI=1S/C12H12BrF3N2O/c13-9-3-5-18(6-4-9)11(19)10-2-1-8(7-17-10)12(14,15)16/h1-2,7,9H,3-6H2. The quantitative estimate of drug-likeness (QED) is 0.738. The molecule has 1 aliphatic rings. The summed E-state index contributed by atoms with van der Waals surface area (Å²) in [5.41, 5.74) is -0.788. The largest absolute Gasteiger partial charge is 0.417 e. The summed E-state index contributed by atoms with van der Waals surface area (Å²) in [6.07, 6.45) is -2.05. The highest BCUT2D eigenvalue weighted by Crippen LogP contribution is 2.28. The Hall–Kier alpha value is -1.11. The zero-order valence-corrected chi connectivity index (χ0v) is 11.5. The van der Waals surface area contributed by atoms with Gasteiger partial charge in [-0.25, -0.2) is 0 Å². The van der Waals surface area contributed by atoms with Crippen LogP contribution >= 0.6 is 15.9 Å². The lowest BCUT2D eigenvalue weighted by Crippen LogP contribution is -2.39. The van der Waals surface area contributed by atoms with Crippen LogP contribution in [0, 0.1) is 0 Å². The minimum atomic E-state index is -4.43. The average Bonchev–Trinajstić information content (AvgIpc) is 2.38. The molecule has 1 aliphatic heterocycles. The summed E-state index contributed by atoms with van der Waals surface area (Å²) in [6.45, 7) is 1.19. The summed E-state index contributed by atoms with van der Waals surface area (Å²) >= 11 is 3.47. The highest BCUT2D eigenvalue weighted by molar-refractivity contribution is 9.09. The molecule has 1 aromatic rings. The molecule has 0 aromatic carbocycles. The number of piperidine rings is 1. The van der Waals surface area contributed by atoms with Gasteiger partial charge in [-0.15, -0.1) is 0 Å². The summed E-state index contributed by atoms with van der Waals surface area (Å²) < 4.78 is 37.1. The van der Waals surface area contributed by atoms with Crippen molar-refractivity contribution >= 4 is 21.8 Å². The summed E-state index contributed by atoms with van der Waals surface area (Å²) in [4.78, 5) is 17.7. The van der Waals surface area contributed by atoms with Crippen molar-refractivity contribution in [1.82, 2.24) is 9.88 Å². The third-order valence-electron chi connectivity index (χ3n) is 3.02. The van der Waals surface area contributed by atoms with E-state index >= 15 is 0 Å². The summed E-state index contributed by atoms with van der Waals surface area (Å²) in [5.74, 6) is -0.312. The van der Waals surface area contributed by atoms with Crippen molar-refractivity contribution in [3.05, 3.63) is 29.6 Å². The van der Waals surface area contributed by atoms with Crippen LogP contribution in [0.3, 0.4) is 0 Å². The number of alkyl halides is 4. The number of pyridine rings is 1. The smallest absolute Gasteiger partial charge is 0.337 e. The first-order valence-electron chi connectivity index (χ1n) is 5.84. The highest BCUT2D eigenvalue weighted by atomic mass is 79.9. The first kappa shape index (κ1) is 14.3. The number of hydrogen-bond donors (Lipinski definition) is 0. The number of aromatic nitrogens is 1. The van der Waals surface area contributed by atoms with E-state index in [0.717, 1.165) is 25.0 Å². The number of nitrogens with zero attached hydrogens (tertiary/aromatic N) is 2. The fourth-order valence-electron chi connectivity index (χ4n) is 1.90. The molecule has 2 rings (SSSR count). The van der Waals surface area contributed by atoms with Crippen molar-refractivity contribution in [2.75, 3.05) is 13.1 Å². The zero-order valence-electron chi connectivity index (χ0n) is 9.95. The van der Waals surface area contributed by atoms with Gasteiger partial charge in [0.2, 0.25) is 0 Å². The number of halogens is 4. The number of rotatable bonds is 1. The number of hydrogen-bond acceptors (Lipinski definition) is 2. The van der Waals surface area contributed by atoms with Crippen LogP contribution in [-0.2, 0) is 6.18 Å². The Morgan fingerprint density at radius 2 is 1.95 bits per heavy atom. The van der Waals surface area contributed by atoms with Gasteiger partial charge in [-0.05, 0) is 25.0 Å². The van der Waals surface area contributed by atoms with Gasteiger partial charge in [-0.1, -0.05) is 15.9 Å². The second kappa shape index (κ2) is 5.48. The van der Waals surface area contributed by atoms with Crippen molar-refractivity contribution in [2.45, 2.75) is 23.8 Å². The van der Waals surface area contributed by atoms with Gasteiger partial charge in [0.05, 0.1) is 5.56 Å². The van der Waals surface area contributed by atoms with E-state index in [0.29, 0.717) is 24.1 Å². The molecule has 2 heterocycles. The van der Waals surface area contributed by atoms with Crippen molar-refractivity contribution in [3.8, 4) is 0 Å². The van der Waals surface area contributed by atoms with Crippen LogP contribution in [-0.4, -0.2) is 33.7 Å². The molecule has 0 spiro atoms. The van der Waals surface area contributed by atoms with Crippen molar-refractivity contribution in [2.24, 2.45) is 0 Å². The molecular formula is C12H12BrF3N2O. The van der Waals surface area contributed by atoms with Crippen LogP contribution in [0.15, 0.2) is 18.3 Å². The maximum atomic E-state index is 12.4. The Kier molecular flexibility index (Phi) is 4.13. The second-order valence-electron chi connectivity index (χ2n) is 4.40. The van der Waals surface area contributed by atoms with Crippen molar-refractivity contribution in [1.29, 1.82) is 0 Å². The van der Waals surface area contributed by atoms with E-state index in [1.54, 1.807) is 4.90 Å². The molecule has 0 atom stereocenters. The predicted octanol–water partition coefficient (Wildman–Crippen LogP) is 3.10. The highest BCUT2D eigenvalue weighted by Gasteiger charge is 2.31. The van der Waals surface area contributed by atoms with Gasteiger partial charge in [0.1, 0.15) is 5.69 Å². The lowest BCUT2D eigenvalue weighted by molar-refractivity contribution is -0.137. The van der Waals surface area contributed by atoms with E-state index in [9.17, 15) is 18.0 Å². The van der Waals surface area contributed by atoms with E-state index in [-0.39, 0.29) is 11.6 Å². The van der Waals surface area contributed by atoms with Crippen LogP contribution in [0.4, 0.5) is 13.2 Å². The first-order chi connectivity index (χ1) is 8.88. The van der Waals surface area contributed by atoms with Crippen LogP contribution in [0.25, 0.3) is 0 Å². The molecule has 104 valence electrons. The third kappa shape index (κ3) is 3.46. The molecule has 7 heteroatoms. The van der Waals surface area contributed by atoms with Crippen LogP contribution in [0.5, 0.6) is 0 Å². The van der Waals surface area contributed by atoms with E-state index in [1.165, 1.54) is 0 Å². The zero-order chi connectivity index (χ0) is 14.0. The Labute approximate surface area is 116 Å². The van der Waals surface area contributed by atoms with Gasteiger partial charge in [0, 0.05) is 24.1 Å². The van der Waals surface area contributed by atoms with Crippen LogP contribution in [0.1, 0.15) is 28.9 Å². The van der Waals surface area contributed by atoms with Crippen molar-refractivity contribution in [3.63, 3.8) is 0 Å². The van der Waals surface area contributed by atoms with Gasteiger partial charge in [0.15, 0.2) is 0 Å². The first-order valence-corrected chi connectivity index (χ1v) is 6.76. The Morgan fingerprint density at radius 3 is 2.42 bits per heavy atom. The predicted molar refractivity (Wildman–Crippen MR) is 67.1 cm³/mol. The summed E-state index contributed by atoms with van der Waals surface area (Å²) in [5, 5.41) is 0. The fraction of sp³-hybridized carbons (Fsp3) is 0.500. The number of likely N-dealkylation sites (tertiary alicyclic amines) is 1. The topological polar surface area (TPSA) is 33.2 Å². The summed E-state index contributed by atoms with van der Waals surface area (Å²) in [7, 11) is 0. The fourth-order valence-corrected chi connectivity index (χ4v) is 2.31.